The van der Waals surface area contributed by atoms with E-state index in [1.165, 1.54) is 5.56 Å². The van der Waals surface area contributed by atoms with E-state index in [9.17, 15) is 0 Å². The average Bonchev–Trinajstić information content (AvgIpc) is 2.29. The molecule has 0 atom stereocenters. The van der Waals surface area contributed by atoms with E-state index in [0.29, 0.717) is 0 Å². The fourth-order valence-corrected chi connectivity index (χ4v) is 1.38. The van der Waals surface area contributed by atoms with Crippen LogP contribution in [0.2, 0.25) is 0 Å². The molecule has 0 aliphatic carbocycles. The fourth-order valence-electron chi connectivity index (χ4n) is 1.38. The van der Waals surface area contributed by atoms with Crippen LogP contribution in [0.3, 0.4) is 0 Å². The Balaban J connectivity index is 2.69. The highest BCUT2D eigenvalue weighted by atomic mass is 16.5. The van der Waals surface area contributed by atoms with Crippen molar-refractivity contribution in [2.45, 2.75) is 33.1 Å². The van der Waals surface area contributed by atoms with E-state index in [0.717, 1.165) is 37.4 Å². The SMILES string of the molecule is CCCCOc1ccc(CC)cc1OC. The van der Waals surface area contributed by atoms with E-state index in [1.54, 1.807) is 7.11 Å². The minimum Gasteiger partial charge on any atom is -0.493 e. The highest BCUT2D eigenvalue weighted by Gasteiger charge is 2.04. The number of ether oxygens (including phenoxy) is 2. The summed E-state index contributed by atoms with van der Waals surface area (Å²) in [6.07, 6.45) is 3.25. The Hall–Kier alpha value is -1.18. The molecule has 0 saturated heterocycles. The third kappa shape index (κ3) is 3.46. The number of aryl methyl sites for hydroxylation is 1. The molecular formula is C13H20O2. The van der Waals surface area contributed by atoms with Gasteiger partial charge in [0.2, 0.25) is 0 Å². The van der Waals surface area contributed by atoms with Gasteiger partial charge in [0.15, 0.2) is 11.5 Å². The molecule has 1 aromatic rings. The quantitative estimate of drug-likeness (QED) is 0.667. The van der Waals surface area contributed by atoms with Crippen LogP contribution in [0.25, 0.3) is 0 Å². The lowest BCUT2D eigenvalue weighted by molar-refractivity contribution is 0.288. The van der Waals surface area contributed by atoms with E-state index < -0.39 is 0 Å². The number of benzene rings is 1. The molecule has 0 radical (unpaired) electrons. The first-order valence-corrected chi connectivity index (χ1v) is 5.61. The summed E-state index contributed by atoms with van der Waals surface area (Å²) in [5, 5.41) is 0. The molecule has 0 spiro atoms. The molecule has 0 bridgehead atoms. The van der Waals surface area contributed by atoms with Gasteiger partial charge in [-0.3, -0.25) is 0 Å². The molecule has 0 N–H and O–H groups in total. The summed E-state index contributed by atoms with van der Waals surface area (Å²) in [4.78, 5) is 0. The van der Waals surface area contributed by atoms with Crippen molar-refractivity contribution in [2.24, 2.45) is 0 Å². The highest BCUT2D eigenvalue weighted by molar-refractivity contribution is 5.42. The second-order valence-electron chi connectivity index (χ2n) is 3.54. The van der Waals surface area contributed by atoms with Crippen LogP contribution in [-0.4, -0.2) is 13.7 Å². The number of methoxy groups -OCH3 is 1. The number of rotatable bonds is 6. The van der Waals surface area contributed by atoms with E-state index in [-0.39, 0.29) is 0 Å². The van der Waals surface area contributed by atoms with Crippen molar-refractivity contribution in [3.8, 4) is 11.5 Å². The molecule has 0 fully saturated rings. The van der Waals surface area contributed by atoms with E-state index in [2.05, 4.69) is 19.9 Å². The molecule has 0 aliphatic heterocycles. The van der Waals surface area contributed by atoms with Crippen LogP contribution < -0.4 is 9.47 Å². The largest absolute Gasteiger partial charge is 0.493 e. The molecule has 0 aliphatic rings. The first kappa shape index (κ1) is 11.9. The summed E-state index contributed by atoms with van der Waals surface area (Å²) in [5.41, 5.74) is 1.27. The van der Waals surface area contributed by atoms with Gasteiger partial charge in [0.1, 0.15) is 0 Å². The molecule has 0 aromatic heterocycles. The number of unbranched alkanes of at least 4 members (excludes halogenated alkanes) is 1. The zero-order valence-electron chi connectivity index (χ0n) is 9.88. The van der Waals surface area contributed by atoms with Crippen LogP contribution in [0, 0.1) is 0 Å². The first-order valence-electron chi connectivity index (χ1n) is 5.61. The molecule has 0 heterocycles. The Kier molecular flexibility index (Phi) is 5.02. The van der Waals surface area contributed by atoms with Crippen molar-refractivity contribution in [1.29, 1.82) is 0 Å². The maximum atomic E-state index is 5.64. The van der Waals surface area contributed by atoms with Crippen LogP contribution in [0.5, 0.6) is 11.5 Å². The Morgan fingerprint density at radius 2 is 1.93 bits per heavy atom. The lowest BCUT2D eigenvalue weighted by Gasteiger charge is -2.11. The molecule has 1 rings (SSSR count). The summed E-state index contributed by atoms with van der Waals surface area (Å²) in [6.45, 7) is 5.05. The molecule has 0 amide bonds. The Bertz CT molecular complexity index is 295. The lowest BCUT2D eigenvalue weighted by atomic mass is 10.1. The average molecular weight is 208 g/mol. The van der Waals surface area contributed by atoms with Gasteiger partial charge in [-0.25, -0.2) is 0 Å². The van der Waals surface area contributed by atoms with Crippen molar-refractivity contribution in [3.63, 3.8) is 0 Å². The zero-order valence-corrected chi connectivity index (χ0v) is 9.88. The standard InChI is InChI=1S/C13H20O2/c1-4-6-9-15-12-8-7-11(5-2)10-13(12)14-3/h7-8,10H,4-6,9H2,1-3H3. The zero-order chi connectivity index (χ0) is 11.1. The monoisotopic (exact) mass is 208 g/mol. The third-order valence-corrected chi connectivity index (χ3v) is 2.39. The van der Waals surface area contributed by atoms with Crippen molar-refractivity contribution in [3.05, 3.63) is 23.8 Å². The molecule has 1 aromatic carbocycles. The van der Waals surface area contributed by atoms with Crippen LogP contribution in [0.1, 0.15) is 32.3 Å². The van der Waals surface area contributed by atoms with Crippen LogP contribution in [-0.2, 0) is 6.42 Å². The highest BCUT2D eigenvalue weighted by Crippen LogP contribution is 2.28. The molecule has 84 valence electrons. The van der Waals surface area contributed by atoms with E-state index >= 15 is 0 Å². The minimum absolute atomic E-state index is 0.762. The van der Waals surface area contributed by atoms with Gasteiger partial charge in [-0.1, -0.05) is 26.3 Å². The number of hydrogen-bond acceptors (Lipinski definition) is 2. The van der Waals surface area contributed by atoms with Crippen LogP contribution >= 0.6 is 0 Å². The Labute approximate surface area is 92.2 Å². The van der Waals surface area contributed by atoms with Crippen LogP contribution in [0.15, 0.2) is 18.2 Å². The Morgan fingerprint density at radius 3 is 2.53 bits per heavy atom. The predicted octanol–water partition coefficient (Wildman–Crippen LogP) is 3.44. The van der Waals surface area contributed by atoms with Gasteiger partial charge in [-0.05, 0) is 30.5 Å². The summed E-state index contributed by atoms with van der Waals surface area (Å²) in [6, 6.07) is 6.12. The van der Waals surface area contributed by atoms with E-state index in [4.69, 9.17) is 9.47 Å². The van der Waals surface area contributed by atoms with Crippen molar-refractivity contribution in [1.82, 2.24) is 0 Å². The second kappa shape index (κ2) is 6.33. The van der Waals surface area contributed by atoms with Crippen molar-refractivity contribution < 1.29 is 9.47 Å². The number of hydrogen-bond donors (Lipinski definition) is 0. The maximum absolute atomic E-state index is 5.64. The molecule has 15 heavy (non-hydrogen) atoms. The normalized spacial score (nSPS) is 10.1. The smallest absolute Gasteiger partial charge is 0.161 e. The molecular weight excluding hydrogens is 188 g/mol. The van der Waals surface area contributed by atoms with Crippen molar-refractivity contribution >= 4 is 0 Å². The molecule has 2 heteroatoms. The maximum Gasteiger partial charge on any atom is 0.161 e. The van der Waals surface area contributed by atoms with Gasteiger partial charge in [-0.2, -0.15) is 0 Å². The van der Waals surface area contributed by atoms with Gasteiger partial charge in [-0.15, -0.1) is 0 Å². The van der Waals surface area contributed by atoms with Crippen molar-refractivity contribution in [2.75, 3.05) is 13.7 Å². The molecule has 0 saturated carbocycles. The second-order valence-corrected chi connectivity index (χ2v) is 3.54. The summed E-state index contributed by atoms with van der Waals surface area (Å²) in [7, 11) is 1.68. The van der Waals surface area contributed by atoms with Gasteiger partial charge >= 0.3 is 0 Å². The lowest BCUT2D eigenvalue weighted by Crippen LogP contribution is -1.99. The fraction of sp³-hybridized carbons (Fsp3) is 0.538. The Morgan fingerprint density at radius 1 is 1.13 bits per heavy atom. The third-order valence-electron chi connectivity index (χ3n) is 2.39. The summed E-state index contributed by atoms with van der Waals surface area (Å²) in [5.74, 6) is 1.69. The molecule has 2 nitrogen and oxygen atoms in total. The van der Waals surface area contributed by atoms with Crippen LogP contribution in [0.4, 0.5) is 0 Å². The van der Waals surface area contributed by atoms with Gasteiger partial charge in [0.25, 0.3) is 0 Å². The predicted molar refractivity (Wildman–Crippen MR) is 62.8 cm³/mol. The minimum atomic E-state index is 0.762. The summed E-state index contributed by atoms with van der Waals surface area (Å²) >= 11 is 0. The van der Waals surface area contributed by atoms with Gasteiger partial charge < -0.3 is 9.47 Å². The van der Waals surface area contributed by atoms with Gasteiger partial charge in [0.05, 0.1) is 13.7 Å². The van der Waals surface area contributed by atoms with Gasteiger partial charge in [0, 0.05) is 0 Å². The van der Waals surface area contributed by atoms with E-state index in [1.807, 2.05) is 12.1 Å². The summed E-state index contributed by atoms with van der Waals surface area (Å²) < 4.78 is 10.9. The topological polar surface area (TPSA) is 18.5 Å². The molecule has 0 unspecified atom stereocenters. The first-order chi connectivity index (χ1) is 7.31.